The molecule has 1 aromatic carbocycles. The molecule has 0 spiro atoms. The van der Waals surface area contributed by atoms with Crippen LogP contribution in [0, 0.1) is 0 Å². The molecule has 0 heterocycles. The summed E-state index contributed by atoms with van der Waals surface area (Å²) < 4.78 is 0. The first-order valence-corrected chi connectivity index (χ1v) is 4.43. The Kier molecular flexibility index (Phi) is 1.97. The largest absolute Gasteiger partial charge is 0.381 e. The van der Waals surface area contributed by atoms with Gasteiger partial charge in [-0.05, 0) is 11.1 Å². The number of hydrogen-bond donors (Lipinski definition) is 1. The number of aliphatic hydroxyl groups is 1. The van der Waals surface area contributed by atoms with Gasteiger partial charge in [0, 0.05) is 6.42 Å². The lowest BCUT2D eigenvalue weighted by molar-refractivity contribution is -0.129. The predicted octanol–water partition coefficient (Wildman–Crippen LogP) is 0.455. The Morgan fingerprint density at radius 1 is 1.36 bits per heavy atom. The summed E-state index contributed by atoms with van der Waals surface area (Å²) in [5.74, 6) is -0.712. The second-order valence-electron chi connectivity index (χ2n) is 3.60. The van der Waals surface area contributed by atoms with Crippen LogP contribution in [0.1, 0.15) is 17.0 Å². The van der Waals surface area contributed by atoms with Gasteiger partial charge < -0.3 is 14.7 Å². The molecule has 72 valence electrons. The molecule has 14 heavy (non-hydrogen) atoms. The highest BCUT2D eigenvalue weighted by Crippen LogP contribution is 2.38. The highest BCUT2D eigenvalue weighted by atomic mass is 16.3. The van der Waals surface area contributed by atoms with Gasteiger partial charge in [-0.15, -0.1) is 0 Å². The van der Waals surface area contributed by atoms with Crippen LogP contribution in [0.25, 0.3) is 0 Å². The molecule has 2 unspecified atom stereocenters. The van der Waals surface area contributed by atoms with Crippen LogP contribution >= 0.6 is 0 Å². The fourth-order valence-corrected chi connectivity index (χ4v) is 1.99. The maximum atomic E-state index is 10.8. The number of carbonyl (C=O) groups is 2. The van der Waals surface area contributed by atoms with Crippen molar-refractivity contribution in [1.82, 2.24) is 0 Å². The Morgan fingerprint density at radius 2 is 2.07 bits per heavy atom. The van der Waals surface area contributed by atoms with E-state index < -0.39 is 11.5 Å². The molecular formula is C11H10O3. The lowest BCUT2D eigenvalue weighted by Crippen LogP contribution is -2.36. The summed E-state index contributed by atoms with van der Waals surface area (Å²) in [4.78, 5) is 21.6. The maximum Gasteiger partial charge on any atom is 0.152 e. The lowest BCUT2D eigenvalue weighted by atomic mass is 9.91. The topological polar surface area (TPSA) is 54.4 Å². The van der Waals surface area contributed by atoms with E-state index in [9.17, 15) is 14.7 Å². The van der Waals surface area contributed by atoms with E-state index in [1.54, 1.807) is 12.1 Å². The van der Waals surface area contributed by atoms with Gasteiger partial charge in [0.05, 0.1) is 5.92 Å². The van der Waals surface area contributed by atoms with Gasteiger partial charge in [-0.25, -0.2) is 0 Å². The fraction of sp³-hybridized carbons (Fsp3) is 0.273. The first-order chi connectivity index (χ1) is 6.71. The van der Waals surface area contributed by atoms with Crippen LogP contribution in [-0.2, 0) is 16.0 Å². The molecule has 0 aromatic heterocycles. The van der Waals surface area contributed by atoms with Gasteiger partial charge >= 0.3 is 0 Å². The van der Waals surface area contributed by atoms with E-state index in [2.05, 4.69) is 0 Å². The maximum absolute atomic E-state index is 10.8. The molecular weight excluding hydrogens is 180 g/mol. The number of rotatable bonds is 2. The normalized spacial score (nSPS) is 29.6. The second-order valence-corrected chi connectivity index (χ2v) is 3.60. The molecule has 1 aromatic rings. The minimum atomic E-state index is -1.54. The van der Waals surface area contributed by atoms with E-state index in [0.29, 0.717) is 12.6 Å². The van der Waals surface area contributed by atoms with E-state index in [1.165, 1.54) is 0 Å². The Morgan fingerprint density at radius 3 is 2.71 bits per heavy atom. The SMILES string of the molecule is O=CC1c2ccccc2CC1(O)C=O. The molecule has 0 bridgehead atoms. The van der Waals surface area contributed by atoms with Crippen molar-refractivity contribution < 1.29 is 14.7 Å². The van der Waals surface area contributed by atoms with Gasteiger partial charge in [0.15, 0.2) is 6.29 Å². The lowest BCUT2D eigenvalue weighted by Gasteiger charge is -2.18. The van der Waals surface area contributed by atoms with E-state index in [0.717, 1.165) is 11.1 Å². The molecule has 1 aliphatic carbocycles. The van der Waals surface area contributed by atoms with Crippen molar-refractivity contribution in [2.45, 2.75) is 17.9 Å². The second kappa shape index (κ2) is 3.03. The third kappa shape index (κ3) is 1.09. The summed E-state index contributed by atoms with van der Waals surface area (Å²) in [6, 6.07) is 7.23. The van der Waals surface area contributed by atoms with Crippen LogP contribution in [0.2, 0.25) is 0 Å². The van der Waals surface area contributed by atoms with Crippen molar-refractivity contribution in [1.29, 1.82) is 0 Å². The molecule has 0 amide bonds. The molecule has 3 heteroatoms. The average Bonchev–Trinajstić information content (AvgIpc) is 2.50. The Hall–Kier alpha value is -1.48. The van der Waals surface area contributed by atoms with Crippen LogP contribution in [0.5, 0.6) is 0 Å². The van der Waals surface area contributed by atoms with E-state index in [-0.39, 0.29) is 6.42 Å². The van der Waals surface area contributed by atoms with Gasteiger partial charge in [0.25, 0.3) is 0 Å². The average molecular weight is 190 g/mol. The minimum absolute atomic E-state index is 0.232. The number of aldehydes is 2. The summed E-state index contributed by atoms with van der Waals surface area (Å²) >= 11 is 0. The van der Waals surface area contributed by atoms with Crippen LogP contribution in [0.4, 0.5) is 0 Å². The molecule has 2 atom stereocenters. The smallest absolute Gasteiger partial charge is 0.152 e. The van der Waals surface area contributed by atoms with Crippen molar-refractivity contribution in [3.8, 4) is 0 Å². The van der Waals surface area contributed by atoms with Crippen LogP contribution in [0.3, 0.4) is 0 Å². The Bertz CT molecular complexity index is 386. The molecule has 3 nitrogen and oxygen atoms in total. The van der Waals surface area contributed by atoms with E-state index in [4.69, 9.17) is 0 Å². The number of carbonyl (C=O) groups excluding carboxylic acids is 2. The van der Waals surface area contributed by atoms with Crippen molar-refractivity contribution in [3.05, 3.63) is 35.4 Å². The first-order valence-electron chi connectivity index (χ1n) is 4.43. The van der Waals surface area contributed by atoms with Crippen molar-refractivity contribution in [3.63, 3.8) is 0 Å². The quantitative estimate of drug-likeness (QED) is 0.689. The van der Waals surface area contributed by atoms with Crippen molar-refractivity contribution in [2.24, 2.45) is 0 Å². The minimum Gasteiger partial charge on any atom is -0.381 e. The van der Waals surface area contributed by atoms with E-state index in [1.807, 2.05) is 12.1 Å². The van der Waals surface area contributed by atoms with Gasteiger partial charge in [-0.1, -0.05) is 24.3 Å². The molecule has 0 aliphatic heterocycles. The Labute approximate surface area is 81.4 Å². The molecule has 1 N–H and O–H groups in total. The highest BCUT2D eigenvalue weighted by molar-refractivity contribution is 5.80. The van der Waals surface area contributed by atoms with Gasteiger partial charge in [-0.2, -0.15) is 0 Å². The number of benzene rings is 1. The monoisotopic (exact) mass is 190 g/mol. The van der Waals surface area contributed by atoms with Gasteiger partial charge in [0.1, 0.15) is 11.9 Å². The zero-order chi connectivity index (χ0) is 10.2. The number of hydrogen-bond acceptors (Lipinski definition) is 3. The van der Waals surface area contributed by atoms with Crippen LogP contribution in [0.15, 0.2) is 24.3 Å². The third-order valence-electron chi connectivity index (χ3n) is 2.74. The number of fused-ring (bicyclic) bond motifs is 1. The zero-order valence-electron chi connectivity index (χ0n) is 7.51. The first kappa shape index (κ1) is 9.09. The Balaban J connectivity index is 2.53. The predicted molar refractivity (Wildman–Crippen MR) is 50.0 cm³/mol. The molecule has 2 rings (SSSR count). The third-order valence-corrected chi connectivity index (χ3v) is 2.74. The zero-order valence-corrected chi connectivity index (χ0v) is 7.51. The van der Waals surface area contributed by atoms with E-state index >= 15 is 0 Å². The molecule has 0 saturated heterocycles. The summed E-state index contributed by atoms with van der Waals surface area (Å²) in [6.07, 6.45) is 1.34. The molecule has 0 radical (unpaired) electrons. The summed E-state index contributed by atoms with van der Waals surface area (Å²) in [6.45, 7) is 0. The fourth-order valence-electron chi connectivity index (χ4n) is 1.99. The van der Waals surface area contributed by atoms with Gasteiger partial charge in [0.2, 0.25) is 0 Å². The van der Waals surface area contributed by atoms with Crippen LogP contribution < -0.4 is 0 Å². The standard InChI is InChI=1S/C11H10O3/c12-6-10-9-4-2-1-3-8(9)5-11(10,14)7-13/h1-4,6-7,10,14H,5H2. The molecule has 0 fully saturated rings. The summed E-state index contributed by atoms with van der Waals surface area (Å²) in [5.41, 5.74) is 0.0992. The van der Waals surface area contributed by atoms with Crippen LogP contribution in [-0.4, -0.2) is 23.3 Å². The van der Waals surface area contributed by atoms with Gasteiger partial charge in [-0.3, -0.25) is 0 Å². The molecule has 0 saturated carbocycles. The van der Waals surface area contributed by atoms with Crippen molar-refractivity contribution >= 4 is 12.6 Å². The summed E-state index contributed by atoms with van der Waals surface area (Å²) in [7, 11) is 0. The van der Waals surface area contributed by atoms with Crippen molar-refractivity contribution in [2.75, 3.05) is 0 Å². The summed E-state index contributed by atoms with van der Waals surface area (Å²) in [5, 5.41) is 9.88. The highest BCUT2D eigenvalue weighted by Gasteiger charge is 2.44. The molecule has 1 aliphatic rings.